The second kappa shape index (κ2) is 8.85. The van der Waals surface area contributed by atoms with Gasteiger partial charge in [-0.2, -0.15) is 5.10 Å². The number of nitrogens with one attached hydrogen (secondary N) is 2. The SMILES string of the molecule is COc1cc2c(Nc3cc[nH]n3)ncnc2cc1OCCCN1CCOCC1. The monoisotopic (exact) mass is 384 g/mol. The maximum atomic E-state index is 5.99. The molecule has 3 aromatic rings. The molecule has 1 aromatic carbocycles. The molecule has 0 bridgehead atoms. The average Bonchev–Trinajstić information content (AvgIpc) is 3.25. The number of aromatic nitrogens is 4. The number of morpholine rings is 1. The highest BCUT2D eigenvalue weighted by atomic mass is 16.5. The van der Waals surface area contributed by atoms with Crippen LogP contribution in [-0.2, 0) is 4.74 Å². The Labute approximate surface area is 163 Å². The van der Waals surface area contributed by atoms with E-state index in [0.717, 1.165) is 50.2 Å². The highest BCUT2D eigenvalue weighted by molar-refractivity contribution is 5.92. The van der Waals surface area contributed by atoms with Gasteiger partial charge < -0.3 is 19.5 Å². The largest absolute Gasteiger partial charge is 0.493 e. The van der Waals surface area contributed by atoms with Crippen LogP contribution in [0.15, 0.2) is 30.7 Å². The molecule has 0 unspecified atom stereocenters. The maximum absolute atomic E-state index is 5.99. The minimum Gasteiger partial charge on any atom is -0.493 e. The Morgan fingerprint density at radius 2 is 2.11 bits per heavy atom. The fourth-order valence-electron chi connectivity index (χ4n) is 3.18. The Morgan fingerprint density at radius 1 is 1.21 bits per heavy atom. The molecule has 0 atom stereocenters. The molecular weight excluding hydrogens is 360 g/mol. The van der Waals surface area contributed by atoms with Gasteiger partial charge in [-0.05, 0) is 12.5 Å². The van der Waals surface area contributed by atoms with Crippen molar-refractivity contribution in [1.29, 1.82) is 0 Å². The number of fused-ring (bicyclic) bond motifs is 1. The molecule has 1 saturated heterocycles. The highest BCUT2D eigenvalue weighted by Crippen LogP contribution is 2.34. The molecule has 9 heteroatoms. The second-order valence-corrected chi connectivity index (χ2v) is 6.48. The summed E-state index contributed by atoms with van der Waals surface area (Å²) in [6.07, 6.45) is 4.21. The average molecular weight is 384 g/mol. The topological polar surface area (TPSA) is 97.4 Å². The first-order valence-corrected chi connectivity index (χ1v) is 9.36. The number of ether oxygens (including phenoxy) is 3. The third-order valence-electron chi connectivity index (χ3n) is 4.65. The standard InChI is InChI=1S/C19H24N6O3/c1-26-16-11-14-15(20-13-21-19(14)23-18-3-4-22-24-18)12-17(16)28-8-2-5-25-6-9-27-10-7-25/h3-4,11-13H,2,5-10H2,1H3,(H2,20,21,22,23,24). The first kappa shape index (κ1) is 18.5. The Morgan fingerprint density at radius 3 is 2.89 bits per heavy atom. The third kappa shape index (κ3) is 4.32. The summed E-state index contributed by atoms with van der Waals surface area (Å²) in [6, 6.07) is 5.61. The van der Waals surface area contributed by atoms with Gasteiger partial charge in [0.05, 0.1) is 32.4 Å². The lowest BCUT2D eigenvalue weighted by molar-refractivity contribution is 0.0357. The van der Waals surface area contributed by atoms with Crippen LogP contribution >= 0.6 is 0 Å². The Bertz CT molecular complexity index is 896. The molecule has 0 aliphatic carbocycles. The smallest absolute Gasteiger partial charge is 0.163 e. The van der Waals surface area contributed by atoms with Crippen molar-refractivity contribution in [3.8, 4) is 11.5 Å². The van der Waals surface area contributed by atoms with Crippen LogP contribution in [0.25, 0.3) is 10.9 Å². The number of aromatic amines is 1. The number of hydrogen-bond donors (Lipinski definition) is 2. The van der Waals surface area contributed by atoms with Gasteiger partial charge in [0.25, 0.3) is 0 Å². The fraction of sp³-hybridized carbons (Fsp3) is 0.421. The molecule has 4 rings (SSSR count). The number of H-pyrrole nitrogens is 1. The molecule has 0 amide bonds. The summed E-state index contributed by atoms with van der Waals surface area (Å²) in [7, 11) is 1.63. The van der Waals surface area contributed by atoms with E-state index in [9.17, 15) is 0 Å². The summed E-state index contributed by atoms with van der Waals surface area (Å²) in [5.41, 5.74) is 0.775. The van der Waals surface area contributed by atoms with Crippen LogP contribution < -0.4 is 14.8 Å². The predicted molar refractivity (Wildman–Crippen MR) is 105 cm³/mol. The molecule has 0 radical (unpaired) electrons. The summed E-state index contributed by atoms with van der Waals surface area (Å²) in [4.78, 5) is 11.1. The number of rotatable bonds is 8. The van der Waals surface area contributed by atoms with Crippen molar-refractivity contribution in [2.45, 2.75) is 6.42 Å². The van der Waals surface area contributed by atoms with E-state index in [2.05, 4.69) is 30.4 Å². The molecule has 9 nitrogen and oxygen atoms in total. The Hall–Kier alpha value is -2.91. The van der Waals surface area contributed by atoms with Crippen molar-refractivity contribution in [2.75, 3.05) is 51.9 Å². The van der Waals surface area contributed by atoms with Crippen LogP contribution in [0.3, 0.4) is 0 Å². The van der Waals surface area contributed by atoms with Gasteiger partial charge in [-0.1, -0.05) is 0 Å². The highest BCUT2D eigenvalue weighted by Gasteiger charge is 2.13. The summed E-state index contributed by atoms with van der Waals surface area (Å²) in [5, 5.41) is 10.9. The van der Waals surface area contributed by atoms with E-state index in [1.54, 1.807) is 13.3 Å². The summed E-state index contributed by atoms with van der Waals surface area (Å²) >= 11 is 0. The van der Waals surface area contributed by atoms with Crippen molar-refractivity contribution >= 4 is 22.5 Å². The molecule has 0 saturated carbocycles. The second-order valence-electron chi connectivity index (χ2n) is 6.48. The van der Waals surface area contributed by atoms with Crippen molar-refractivity contribution in [2.24, 2.45) is 0 Å². The minimum absolute atomic E-state index is 0.614. The molecule has 2 aromatic heterocycles. The molecule has 0 spiro atoms. The number of hydrogen-bond acceptors (Lipinski definition) is 8. The first-order valence-electron chi connectivity index (χ1n) is 9.36. The van der Waals surface area contributed by atoms with Gasteiger partial charge in [-0.3, -0.25) is 10.00 Å². The predicted octanol–water partition coefficient (Wildman–Crippen LogP) is 2.21. The summed E-state index contributed by atoms with van der Waals surface area (Å²) < 4.78 is 16.9. The first-order chi connectivity index (χ1) is 13.8. The molecule has 148 valence electrons. The zero-order chi connectivity index (χ0) is 19.2. The van der Waals surface area contributed by atoms with Crippen molar-refractivity contribution < 1.29 is 14.2 Å². The number of anilines is 2. The normalized spacial score (nSPS) is 14.9. The van der Waals surface area contributed by atoms with Crippen LogP contribution in [0, 0.1) is 0 Å². The molecule has 28 heavy (non-hydrogen) atoms. The van der Waals surface area contributed by atoms with Gasteiger partial charge in [0.15, 0.2) is 17.3 Å². The molecule has 1 aliphatic rings. The van der Waals surface area contributed by atoms with Crippen LogP contribution in [0.2, 0.25) is 0 Å². The summed E-state index contributed by atoms with van der Waals surface area (Å²) in [6.45, 7) is 5.22. The van der Waals surface area contributed by atoms with Gasteiger partial charge in [0.2, 0.25) is 0 Å². The molecule has 1 aliphatic heterocycles. The lowest BCUT2D eigenvalue weighted by Crippen LogP contribution is -2.37. The van der Waals surface area contributed by atoms with E-state index >= 15 is 0 Å². The van der Waals surface area contributed by atoms with Crippen LogP contribution in [-0.4, -0.2) is 71.6 Å². The Balaban J connectivity index is 1.46. The number of benzene rings is 1. The molecular formula is C19H24N6O3. The lowest BCUT2D eigenvalue weighted by atomic mass is 10.2. The minimum atomic E-state index is 0.614. The van der Waals surface area contributed by atoms with Gasteiger partial charge in [-0.15, -0.1) is 0 Å². The van der Waals surface area contributed by atoms with Crippen LogP contribution in [0.4, 0.5) is 11.6 Å². The lowest BCUT2D eigenvalue weighted by Gasteiger charge is -2.26. The number of methoxy groups -OCH3 is 1. The van der Waals surface area contributed by atoms with Crippen molar-refractivity contribution in [3.63, 3.8) is 0 Å². The van der Waals surface area contributed by atoms with Crippen molar-refractivity contribution in [3.05, 3.63) is 30.7 Å². The van der Waals surface area contributed by atoms with E-state index in [1.165, 1.54) is 6.33 Å². The maximum Gasteiger partial charge on any atom is 0.163 e. The zero-order valence-corrected chi connectivity index (χ0v) is 15.9. The van der Waals surface area contributed by atoms with Crippen LogP contribution in [0.1, 0.15) is 6.42 Å². The summed E-state index contributed by atoms with van der Waals surface area (Å²) in [5.74, 6) is 2.68. The van der Waals surface area contributed by atoms with Crippen molar-refractivity contribution in [1.82, 2.24) is 25.1 Å². The molecule has 3 heterocycles. The van der Waals surface area contributed by atoms with Gasteiger partial charge in [0, 0.05) is 43.4 Å². The third-order valence-corrected chi connectivity index (χ3v) is 4.65. The van der Waals surface area contributed by atoms with E-state index in [4.69, 9.17) is 14.2 Å². The zero-order valence-electron chi connectivity index (χ0n) is 15.9. The van der Waals surface area contributed by atoms with E-state index < -0.39 is 0 Å². The van der Waals surface area contributed by atoms with E-state index in [-0.39, 0.29) is 0 Å². The van der Waals surface area contributed by atoms with Gasteiger partial charge in [0.1, 0.15) is 12.1 Å². The van der Waals surface area contributed by atoms with Gasteiger partial charge >= 0.3 is 0 Å². The van der Waals surface area contributed by atoms with E-state index in [0.29, 0.717) is 29.7 Å². The van der Waals surface area contributed by atoms with E-state index in [1.807, 2.05) is 18.2 Å². The number of nitrogens with zero attached hydrogens (tertiary/aromatic N) is 4. The Kier molecular flexibility index (Phi) is 5.83. The molecule has 1 fully saturated rings. The fourth-order valence-corrected chi connectivity index (χ4v) is 3.18. The van der Waals surface area contributed by atoms with Crippen LogP contribution in [0.5, 0.6) is 11.5 Å². The quantitative estimate of drug-likeness (QED) is 0.571. The van der Waals surface area contributed by atoms with Gasteiger partial charge in [-0.25, -0.2) is 9.97 Å². The molecule has 2 N–H and O–H groups in total.